The summed E-state index contributed by atoms with van der Waals surface area (Å²) >= 11 is 1.12. The molecule has 0 radical (unpaired) electrons. The van der Waals surface area contributed by atoms with Crippen molar-refractivity contribution in [1.29, 1.82) is 0 Å². The minimum atomic E-state index is -0.235. The first kappa shape index (κ1) is 18.9. The van der Waals surface area contributed by atoms with Crippen molar-refractivity contribution in [3.63, 3.8) is 0 Å². The molecule has 6 nitrogen and oxygen atoms in total. The van der Waals surface area contributed by atoms with Gasteiger partial charge in [0.1, 0.15) is 0 Å². The number of likely N-dealkylation sites (N-methyl/N-ethyl adjacent to an activating group) is 1. The lowest BCUT2D eigenvalue weighted by atomic mass is 10.2. The van der Waals surface area contributed by atoms with Gasteiger partial charge in [0.25, 0.3) is 0 Å². The van der Waals surface area contributed by atoms with E-state index in [4.69, 9.17) is 0 Å². The van der Waals surface area contributed by atoms with Gasteiger partial charge >= 0.3 is 4.87 Å². The van der Waals surface area contributed by atoms with Crippen molar-refractivity contribution in [3.8, 4) is 0 Å². The lowest BCUT2D eigenvalue weighted by Crippen LogP contribution is -2.40. The fourth-order valence-corrected chi connectivity index (χ4v) is 3.20. The van der Waals surface area contributed by atoms with Gasteiger partial charge in [0.2, 0.25) is 11.8 Å². The third-order valence-corrected chi connectivity index (χ3v) is 4.81. The number of nitrogens with zero attached hydrogens (tertiary/aromatic N) is 2. The molecule has 134 valence electrons. The number of nitrogens with one attached hydrogen (secondary N) is 1. The van der Waals surface area contributed by atoms with Crippen molar-refractivity contribution in [2.75, 3.05) is 13.1 Å². The number of hydrogen-bond donors (Lipinski definition) is 1. The first-order chi connectivity index (χ1) is 12.0. The number of carbonyl (C=O) groups excluding carboxylic acids is 2. The molecule has 7 heteroatoms. The summed E-state index contributed by atoms with van der Waals surface area (Å²) in [6.45, 7) is 5.14. The van der Waals surface area contributed by atoms with E-state index in [2.05, 4.69) is 5.32 Å². The largest absolute Gasteiger partial charge is 0.347 e. The van der Waals surface area contributed by atoms with E-state index >= 15 is 0 Å². The summed E-state index contributed by atoms with van der Waals surface area (Å²) in [5.74, 6) is -0.356. The summed E-state index contributed by atoms with van der Waals surface area (Å²) in [5.41, 5.74) is 1.90. The minimum absolute atomic E-state index is 0.0307. The number of aromatic nitrogens is 1. The second-order valence-electron chi connectivity index (χ2n) is 5.71. The molecule has 1 heterocycles. The van der Waals surface area contributed by atoms with E-state index in [-0.39, 0.29) is 29.7 Å². The average molecular weight is 361 g/mol. The van der Waals surface area contributed by atoms with E-state index in [1.54, 1.807) is 14.8 Å². The van der Waals surface area contributed by atoms with Crippen LogP contribution in [0.2, 0.25) is 0 Å². The quantitative estimate of drug-likeness (QED) is 0.779. The van der Waals surface area contributed by atoms with Crippen molar-refractivity contribution >= 4 is 23.2 Å². The number of rotatable bonds is 8. The van der Waals surface area contributed by atoms with Gasteiger partial charge in [0, 0.05) is 37.1 Å². The van der Waals surface area contributed by atoms with Crippen molar-refractivity contribution in [2.45, 2.75) is 33.4 Å². The van der Waals surface area contributed by atoms with Gasteiger partial charge < -0.3 is 14.8 Å². The molecule has 0 aliphatic carbocycles. The molecule has 1 aromatic carbocycles. The van der Waals surface area contributed by atoms with Gasteiger partial charge in [-0.25, -0.2) is 0 Å². The fraction of sp³-hybridized carbons (Fsp3) is 0.389. The standard InChI is InChI=1S/C18H23N3O3S/c1-3-20(12-15-7-5-4-6-8-15)17(23)11-19-16(22)9-10-21-14(2)13-25-18(21)24/h4-8,13H,3,9-12H2,1-2H3,(H,19,22). The molecule has 2 amide bonds. The Balaban J connectivity index is 1.79. The molecule has 2 rings (SSSR count). The first-order valence-corrected chi connectivity index (χ1v) is 9.12. The number of amides is 2. The Kier molecular flexibility index (Phi) is 6.94. The van der Waals surface area contributed by atoms with E-state index in [9.17, 15) is 14.4 Å². The van der Waals surface area contributed by atoms with Crippen LogP contribution in [0.15, 0.2) is 40.5 Å². The van der Waals surface area contributed by atoms with Crippen molar-refractivity contribution in [2.24, 2.45) is 0 Å². The molecule has 0 fully saturated rings. The van der Waals surface area contributed by atoms with Gasteiger partial charge in [-0.2, -0.15) is 0 Å². The molecule has 1 N–H and O–H groups in total. The Morgan fingerprint density at radius 1 is 1.24 bits per heavy atom. The molecule has 0 bridgehead atoms. The van der Waals surface area contributed by atoms with Crippen LogP contribution in [0.5, 0.6) is 0 Å². The van der Waals surface area contributed by atoms with Gasteiger partial charge in [0.05, 0.1) is 6.54 Å². The maximum Gasteiger partial charge on any atom is 0.307 e. The highest BCUT2D eigenvalue weighted by molar-refractivity contribution is 7.07. The van der Waals surface area contributed by atoms with E-state index in [0.29, 0.717) is 19.6 Å². The van der Waals surface area contributed by atoms with Crippen LogP contribution in [-0.2, 0) is 22.7 Å². The van der Waals surface area contributed by atoms with Gasteiger partial charge in [-0.15, -0.1) is 0 Å². The number of carbonyl (C=O) groups is 2. The van der Waals surface area contributed by atoms with Crippen LogP contribution in [0.4, 0.5) is 0 Å². The Morgan fingerprint density at radius 2 is 1.96 bits per heavy atom. The SMILES string of the molecule is CCN(Cc1ccccc1)C(=O)CNC(=O)CCn1c(C)csc1=O. The number of benzene rings is 1. The molecule has 1 aromatic heterocycles. The molecule has 0 saturated carbocycles. The molecule has 0 unspecified atom stereocenters. The van der Waals surface area contributed by atoms with Crippen molar-refractivity contribution < 1.29 is 9.59 Å². The zero-order valence-electron chi connectivity index (χ0n) is 14.5. The molecule has 2 aromatic rings. The molecule has 0 saturated heterocycles. The highest BCUT2D eigenvalue weighted by atomic mass is 32.1. The van der Waals surface area contributed by atoms with Crippen molar-refractivity contribution in [3.05, 3.63) is 56.6 Å². The molecular weight excluding hydrogens is 338 g/mol. The highest BCUT2D eigenvalue weighted by Crippen LogP contribution is 2.04. The monoisotopic (exact) mass is 361 g/mol. The molecule has 0 spiro atoms. The Bertz CT molecular complexity index is 767. The van der Waals surface area contributed by atoms with Crippen LogP contribution in [0, 0.1) is 6.92 Å². The third-order valence-electron chi connectivity index (χ3n) is 3.93. The molecular formula is C18H23N3O3S. The number of aryl methyl sites for hydroxylation is 1. The van der Waals surface area contributed by atoms with Crippen LogP contribution < -0.4 is 10.2 Å². The lowest BCUT2D eigenvalue weighted by Gasteiger charge is -2.21. The van der Waals surface area contributed by atoms with Gasteiger partial charge in [-0.3, -0.25) is 14.4 Å². The van der Waals surface area contributed by atoms with Crippen LogP contribution in [0.3, 0.4) is 0 Å². The van der Waals surface area contributed by atoms with Crippen LogP contribution in [-0.4, -0.2) is 34.4 Å². The zero-order chi connectivity index (χ0) is 18.2. The fourth-order valence-electron chi connectivity index (χ4n) is 2.44. The second-order valence-corrected chi connectivity index (χ2v) is 6.54. The summed E-state index contributed by atoms with van der Waals surface area (Å²) < 4.78 is 1.57. The maximum atomic E-state index is 12.3. The lowest BCUT2D eigenvalue weighted by molar-refractivity contribution is -0.133. The smallest absolute Gasteiger partial charge is 0.307 e. The Hall–Kier alpha value is -2.41. The van der Waals surface area contributed by atoms with Crippen molar-refractivity contribution in [1.82, 2.24) is 14.8 Å². The van der Waals surface area contributed by atoms with Crippen LogP contribution >= 0.6 is 11.3 Å². The van der Waals surface area contributed by atoms with E-state index in [1.165, 1.54) is 0 Å². The van der Waals surface area contributed by atoms with Gasteiger partial charge in [0.15, 0.2) is 0 Å². The summed E-state index contributed by atoms with van der Waals surface area (Å²) in [6, 6.07) is 9.74. The molecule has 0 atom stereocenters. The summed E-state index contributed by atoms with van der Waals surface area (Å²) in [4.78, 5) is 37.5. The topological polar surface area (TPSA) is 71.4 Å². The first-order valence-electron chi connectivity index (χ1n) is 8.24. The molecule has 0 aliphatic heterocycles. The third kappa shape index (κ3) is 5.56. The van der Waals surface area contributed by atoms with Gasteiger partial charge in [-0.1, -0.05) is 41.7 Å². The second kappa shape index (κ2) is 9.17. The summed E-state index contributed by atoms with van der Waals surface area (Å²) in [7, 11) is 0. The Morgan fingerprint density at radius 3 is 2.56 bits per heavy atom. The van der Waals surface area contributed by atoms with E-state index in [0.717, 1.165) is 22.6 Å². The molecule has 0 aliphatic rings. The maximum absolute atomic E-state index is 12.3. The van der Waals surface area contributed by atoms with E-state index < -0.39 is 0 Å². The molecule has 25 heavy (non-hydrogen) atoms. The normalized spacial score (nSPS) is 10.5. The average Bonchev–Trinajstić information content (AvgIpc) is 2.94. The summed E-state index contributed by atoms with van der Waals surface area (Å²) in [6.07, 6.45) is 0.176. The number of thiazole rings is 1. The minimum Gasteiger partial charge on any atom is -0.347 e. The predicted octanol–water partition coefficient (Wildman–Crippen LogP) is 1.77. The van der Waals surface area contributed by atoms with E-state index in [1.807, 2.05) is 44.2 Å². The van der Waals surface area contributed by atoms with Crippen LogP contribution in [0.25, 0.3) is 0 Å². The predicted molar refractivity (Wildman–Crippen MR) is 98.5 cm³/mol. The van der Waals surface area contributed by atoms with Crippen LogP contribution in [0.1, 0.15) is 24.6 Å². The van der Waals surface area contributed by atoms with Gasteiger partial charge in [-0.05, 0) is 19.4 Å². The zero-order valence-corrected chi connectivity index (χ0v) is 15.3. The highest BCUT2D eigenvalue weighted by Gasteiger charge is 2.13. The number of hydrogen-bond acceptors (Lipinski definition) is 4. The summed E-state index contributed by atoms with van der Waals surface area (Å²) in [5, 5.41) is 4.41. The Labute approximate surface area is 151 Å².